The summed E-state index contributed by atoms with van der Waals surface area (Å²) in [7, 11) is 0. The number of thiophene rings is 1. The van der Waals surface area contributed by atoms with Gasteiger partial charge in [-0.3, -0.25) is 19.3 Å². The molecule has 2 unspecified atom stereocenters. The summed E-state index contributed by atoms with van der Waals surface area (Å²) in [4.78, 5) is 40.7. The van der Waals surface area contributed by atoms with E-state index in [0.717, 1.165) is 10.4 Å². The van der Waals surface area contributed by atoms with Crippen molar-refractivity contribution in [2.45, 2.75) is 38.3 Å². The first-order valence-corrected chi connectivity index (χ1v) is 12.6. The quantitative estimate of drug-likeness (QED) is 0.351. The molecule has 2 aromatic carbocycles. The third kappa shape index (κ3) is 6.03. The van der Waals surface area contributed by atoms with Crippen LogP contribution in [0.15, 0.2) is 54.6 Å². The Balaban J connectivity index is 1.54. The van der Waals surface area contributed by atoms with Gasteiger partial charge in [0.15, 0.2) is 5.78 Å². The van der Waals surface area contributed by atoms with Crippen LogP contribution in [-0.4, -0.2) is 47.1 Å². The summed E-state index contributed by atoms with van der Waals surface area (Å²) in [5, 5.41) is 12.9. The van der Waals surface area contributed by atoms with Crippen molar-refractivity contribution in [3.05, 3.63) is 82.0 Å². The molecule has 1 amide bonds. The SMILES string of the molecule is CCc1cc(C(=O)c2ccc(OCF)cc2)c(NC(=O)CN2C(C(=O)O)CCC2c2ccc(F)cc2)s1. The van der Waals surface area contributed by atoms with Crippen molar-refractivity contribution in [2.24, 2.45) is 0 Å². The van der Waals surface area contributed by atoms with Gasteiger partial charge in [0, 0.05) is 16.5 Å². The number of anilines is 1. The lowest BCUT2D eigenvalue weighted by Gasteiger charge is -2.27. The number of halogens is 2. The van der Waals surface area contributed by atoms with Gasteiger partial charge in [0.25, 0.3) is 0 Å². The summed E-state index contributed by atoms with van der Waals surface area (Å²) in [5.41, 5.74) is 1.41. The molecule has 2 heterocycles. The number of nitrogens with one attached hydrogen (secondary N) is 1. The van der Waals surface area contributed by atoms with E-state index in [1.807, 2.05) is 6.92 Å². The largest absolute Gasteiger partial charge is 0.480 e. The molecular formula is C27H26F2N2O5S. The molecule has 3 aromatic rings. The van der Waals surface area contributed by atoms with Crippen molar-refractivity contribution >= 4 is 34.0 Å². The standard InChI is InChI=1S/C27H26F2N2O5S/c1-2-20-13-21(25(33)17-5-9-19(10-6-17)36-15-28)26(37-20)30-24(32)14-31-22(11-12-23(31)27(34)35)16-3-7-18(29)8-4-16/h3-10,13,22-23H,2,11-12,14-15H2,1H3,(H,30,32)(H,34,35). The highest BCUT2D eigenvalue weighted by molar-refractivity contribution is 7.16. The Kier molecular flexibility index (Phi) is 8.30. The van der Waals surface area contributed by atoms with Crippen LogP contribution in [0.4, 0.5) is 13.8 Å². The fourth-order valence-corrected chi connectivity index (χ4v) is 5.53. The molecule has 4 rings (SSSR count). The molecule has 2 atom stereocenters. The molecule has 7 nitrogen and oxygen atoms in total. The highest BCUT2D eigenvalue weighted by Crippen LogP contribution is 2.37. The molecule has 0 aliphatic carbocycles. The van der Waals surface area contributed by atoms with Gasteiger partial charge in [-0.05, 0) is 67.3 Å². The Bertz CT molecular complexity index is 1280. The number of aryl methyl sites for hydroxylation is 1. The Hall–Kier alpha value is -3.63. The van der Waals surface area contributed by atoms with Crippen molar-refractivity contribution < 1.29 is 33.0 Å². The number of carbonyl (C=O) groups excluding carboxylic acids is 2. The summed E-state index contributed by atoms with van der Waals surface area (Å²) in [5.74, 6) is -1.90. The molecule has 1 saturated heterocycles. The van der Waals surface area contributed by atoms with E-state index in [1.54, 1.807) is 23.1 Å². The topological polar surface area (TPSA) is 95.9 Å². The van der Waals surface area contributed by atoms with Gasteiger partial charge < -0.3 is 15.2 Å². The molecule has 1 aromatic heterocycles. The fourth-order valence-electron chi connectivity index (χ4n) is 4.52. The third-order valence-electron chi connectivity index (χ3n) is 6.35. The van der Waals surface area contributed by atoms with Crippen LogP contribution in [0.5, 0.6) is 5.75 Å². The number of aliphatic carboxylic acids is 1. The van der Waals surface area contributed by atoms with Gasteiger partial charge in [0.2, 0.25) is 12.8 Å². The summed E-state index contributed by atoms with van der Waals surface area (Å²) in [6, 6.07) is 12.4. The van der Waals surface area contributed by atoms with Crippen LogP contribution in [0.25, 0.3) is 0 Å². The molecule has 1 aliphatic rings. The number of likely N-dealkylation sites (tertiary alicyclic amines) is 1. The number of hydrogen-bond donors (Lipinski definition) is 2. The highest BCUT2D eigenvalue weighted by Gasteiger charge is 2.39. The minimum Gasteiger partial charge on any atom is -0.480 e. The predicted octanol–water partition coefficient (Wildman–Crippen LogP) is 5.22. The maximum absolute atomic E-state index is 13.4. The van der Waals surface area contributed by atoms with Crippen LogP contribution >= 0.6 is 11.3 Å². The molecule has 1 aliphatic heterocycles. The van der Waals surface area contributed by atoms with Crippen LogP contribution in [0.1, 0.15) is 52.2 Å². The fraction of sp³-hybridized carbons (Fsp3) is 0.296. The maximum Gasteiger partial charge on any atom is 0.320 e. The Morgan fingerprint density at radius 2 is 1.81 bits per heavy atom. The van der Waals surface area contributed by atoms with Gasteiger partial charge in [-0.15, -0.1) is 11.3 Å². The van der Waals surface area contributed by atoms with Gasteiger partial charge in [-0.2, -0.15) is 0 Å². The molecular weight excluding hydrogens is 502 g/mol. The second-order valence-electron chi connectivity index (χ2n) is 8.64. The molecule has 0 spiro atoms. The average molecular weight is 529 g/mol. The highest BCUT2D eigenvalue weighted by atomic mass is 32.1. The first-order valence-electron chi connectivity index (χ1n) is 11.8. The average Bonchev–Trinajstić information content (AvgIpc) is 3.49. The lowest BCUT2D eigenvalue weighted by molar-refractivity contribution is -0.143. The molecule has 10 heteroatoms. The lowest BCUT2D eigenvalue weighted by atomic mass is 10.0. The monoisotopic (exact) mass is 528 g/mol. The van der Waals surface area contributed by atoms with Gasteiger partial charge in [0.1, 0.15) is 22.6 Å². The number of rotatable bonds is 10. The minimum absolute atomic E-state index is 0.207. The van der Waals surface area contributed by atoms with Gasteiger partial charge in [-0.1, -0.05) is 19.1 Å². The molecule has 194 valence electrons. The molecule has 0 saturated carbocycles. The zero-order valence-corrected chi connectivity index (χ0v) is 20.9. The smallest absolute Gasteiger partial charge is 0.320 e. The second kappa shape index (κ2) is 11.6. The summed E-state index contributed by atoms with van der Waals surface area (Å²) in [6.45, 7) is 0.751. The van der Waals surface area contributed by atoms with Crippen molar-refractivity contribution in [3.8, 4) is 5.75 Å². The number of alkyl halides is 1. The zero-order chi connectivity index (χ0) is 26.5. The van der Waals surface area contributed by atoms with E-state index < -0.39 is 30.6 Å². The van der Waals surface area contributed by atoms with E-state index in [4.69, 9.17) is 4.74 Å². The van der Waals surface area contributed by atoms with Crippen LogP contribution in [0.2, 0.25) is 0 Å². The lowest BCUT2D eigenvalue weighted by Crippen LogP contribution is -2.42. The number of carbonyl (C=O) groups is 3. The van der Waals surface area contributed by atoms with Gasteiger partial charge >= 0.3 is 5.97 Å². The van der Waals surface area contributed by atoms with E-state index >= 15 is 0 Å². The van der Waals surface area contributed by atoms with E-state index in [2.05, 4.69) is 5.32 Å². The van der Waals surface area contributed by atoms with Crippen molar-refractivity contribution in [1.29, 1.82) is 0 Å². The Morgan fingerprint density at radius 3 is 2.43 bits per heavy atom. The third-order valence-corrected chi connectivity index (χ3v) is 7.54. The normalized spacial score (nSPS) is 17.5. The van der Waals surface area contributed by atoms with Crippen LogP contribution < -0.4 is 10.1 Å². The number of amides is 1. The van der Waals surface area contributed by atoms with Crippen molar-refractivity contribution in [2.75, 3.05) is 18.7 Å². The first kappa shape index (κ1) is 26.4. The van der Waals surface area contributed by atoms with Crippen LogP contribution in [-0.2, 0) is 16.0 Å². The minimum atomic E-state index is -1.03. The van der Waals surface area contributed by atoms with Crippen molar-refractivity contribution in [1.82, 2.24) is 4.90 Å². The number of hydrogen-bond acceptors (Lipinski definition) is 6. The van der Waals surface area contributed by atoms with Gasteiger partial charge in [0.05, 0.1) is 12.1 Å². The Morgan fingerprint density at radius 1 is 1.11 bits per heavy atom. The number of nitrogens with zero attached hydrogens (tertiary/aromatic N) is 1. The van der Waals surface area contributed by atoms with Crippen LogP contribution in [0.3, 0.4) is 0 Å². The van der Waals surface area contributed by atoms with Crippen LogP contribution in [0, 0.1) is 5.82 Å². The van der Waals surface area contributed by atoms with E-state index in [1.165, 1.54) is 47.7 Å². The number of carboxylic acids is 1. The number of carboxylic acid groups (broad SMARTS) is 1. The van der Waals surface area contributed by atoms with E-state index in [-0.39, 0.29) is 18.4 Å². The zero-order valence-electron chi connectivity index (χ0n) is 20.1. The number of ketones is 1. The first-order chi connectivity index (χ1) is 17.8. The number of benzene rings is 2. The molecule has 0 bridgehead atoms. The van der Waals surface area contributed by atoms with E-state index in [9.17, 15) is 28.3 Å². The van der Waals surface area contributed by atoms with E-state index in [0.29, 0.717) is 41.1 Å². The summed E-state index contributed by atoms with van der Waals surface area (Å²) in [6.07, 6.45) is 1.53. The molecule has 2 N–H and O–H groups in total. The summed E-state index contributed by atoms with van der Waals surface area (Å²) >= 11 is 1.28. The molecule has 0 radical (unpaired) electrons. The van der Waals surface area contributed by atoms with Crippen molar-refractivity contribution in [3.63, 3.8) is 0 Å². The molecule has 1 fully saturated rings. The Labute approximate surface area is 216 Å². The molecule has 37 heavy (non-hydrogen) atoms. The maximum atomic E-state index is 13.4. The van der Waals surface area contributed by atoms with Gasteiger partial charge in [-0.25, -0.2) is 8.78 Å². The predicted molar refractivity (Wildman–Crippen MR) is 135 cm³/mol. The second-order valence-corrected chi connectivity index (χ2v) is 9.77. The number of ether oxygens (including phenoxy) is 1. The summed E-state index contributed by atoms with van der Waals surface area (Å²) < 4.78 is 30.6.